The highest BCUT2D eigenvalue weighted by Gasteiger charge is 2.38. The van der Waals surface area contributed by atoms with Crippen LogP contribution < -0.4 is 15.8 Å². The average Bonchev–Trinajstić information content (AvgIpc) is 3.65. The molecule has 3 fully saturated rings. The van der Waals surface area contributed by atoms with Crippen molar-refractivity contribution in [3.05, 3.63) is 39.7 Å². The SMILES string of the molecule is CC(C)C#Cc1cc(N(C(=O)[C@H]2CC[C@H](C)CC2)[C@H]2CC[C@H](OC3=CC=C(N4CCCC4)NN3)CC2)c(C(=O)O)s1. The molecule has 0 spiro atoms. The number of aromatic carboxylic acids is 1. The number of carbonyl (C=O) groups excluding carboxylic acids is 1. The molecule has 0 unspecified atom stereocenters. The number of nitrogens with zero attached hydrogens (tertiary/aromatic N) is 2. The maximum atomic E-state index is 14.1. The zero-order chi connectivity index (χ0) is 28.9. The number of anilines is 1. The number of hydrogen-bond donors (Lipinski definition) is 3. The summed E-state index contributed by atoms with van der Waals surface area (Å²) in [7, 11) is 0. The first-order chi connectivity index (χ1) is 19.8. The maximum Gasteiger partial charge on any atom is 0.348 e. The summed E-state index contributed by atoms with van der Waals surface area (Å²) >= 11 is 1.18. The fourth-order valence-corrected chi connectivity index (χ4v) is 7.21. The second-order valence-electron chi connectivity index (χ2n) is 12.3. The quantitative estimate of drug-likeness (QED) is 0.350. The van der Waals surface area contributed by atoms with Gasteiger partial charge in [0.1, 0.15) is 16.8 Å². The van der Waals surface area contributed by atoms with Crippen molar-refractivity contribution in [1.29, 1.82) is 0 Å². The van der Waals surface area contributed by atoms with E-state index in [4.69, 9.17) is 4.74 Å². The summed E-state index contributed by atoms with van der Waals surface area (Å²) in [6, 6.07) is 1.77. The van der Waals surface area contributed by atoms with Gasteiger partial charge in [0.15, 0.2) is 0 Å². The van der Waals surface area contributed by atoms with Crippen LogP contribution >= 0.6 is 11.3 Å². The second-order valence-corrected chi connectivity index (χ2v) is 13.3. The molecule has 5 rings (SSSR count). The lowest BCUT2D eigenvalue weighted by atomic mass is 9.81. The second kappa shape index (κ2) is 13.2. The van der Waals surface area contributed by atoms with E-state index >= 15 is 0 Å². The summed E-state index contributed by atoms with van der Waals surface area (Å²) in [5, 5.41) is 10.1. The van der Waals surface area contributed by atoms with Crippen molar-refractivity contribution in [3.63, 3.8) is 0 Å². The Labute approximate surface area is 248 Å². The summed E-state index contributed by atoms with van der Waals surface area (Å²) < 4.78 is 6.30. The van der Waals surface area contributed by atoms with Gasteiger partial charge in [-0.05, 0) is 82.3 Å². The number of amides is 1. The van der Waals surface area contributed by atoms with E-state index in [1.54, 1.807) is 0 Å². The van der Waals surface area contributed by atoms with Gasteiger partial charge < -0.3 is 19.6 Å². The van der Waals surface area contributed by atoms with Crippen molar-refractivity contribution in [1.82, 2.24) is 15.8 Å². The highest BCUT2D eigenvalue weighted by molar-refractivity contribution is 7.15. The van der Waals surface area contributed by atoms with Crippen LogP contribution in [0, 0.1) is 29.6 Å². The molecule has 1 aromatic heterocycles. The zero-order valence-electron chi connectivity index (χ0n) is 24.6. The largest absolute Gasteiger partial charge is 0.477 e. The number of hydrogen-bond acceptors (Lipinski definition) is 7. The summed E-state index contributed by atoms with van der Waals surface area (Å²) in [6.45, 7) is 8.41. The number of carboxylic acid groups (broad SMARTS) is 1. The Bertz CT molecular complexity index is 1220. The molecule has 3 N–H and O–H groups in total. The molecule has 3 heterocycles. The van der Waals surface area contributed by atoms with Gasteiger partial charge in [0.25, 0.3) is 0 Å². The lowest BCUT2D eigenvalue weighted by Gasteiger charge is -2.39. The van der Waals surface area contributed by atoms with Gasteiger partial charge >= 0.3 is 5.97 Å². The van der Waals surface area contributed by atoms with Gasteiger partial charge in [-0.15, -0.1) is 11.3 Å². The highest BCUT2D eigenvalue weighted by Crippen LogP contribution is 2.39. The van der Waals surface area contributed by atoms with Gasteiger partial charge in [0.05, 0.1) is 10.6 Å². The standard InChI is InChI=1S/C32H44N4O4S/c1-21(2)6-15-26-20-27(30(41-26)32(38)39)36(31(37)23-9-7-22(3)8-10-23)24-11-13-25(14-12-24)40-29-17-16-28(33-34-29)35-18-4-5-19-35/h16-17,20-25,33-34H,4-5,7-14,18-19H2,1-3H3,(H,38,39)/t22-,23-,24-,25-. The predicted octanol–water partition coefficient (Wildman–Crippen LogP) is 5.83. The Morgan fingerprint density at radius 1 is 1.05 bits per heavy atom. The van der Waals surface area contributed by atoms with Crippen LogP contribution in [0.15, 0.2) is 29.9 Å². The Morgan fingerprint density at radius 2 is 1.76 bits per heavy atom. The maximum absolute atomic E-state index is 14.1. The van der Waals surface area contributed by atoms with Crippen molar-refractivity contribution < 1.29 is 19.4 Å². The first kappa shape index (κ1) is 29.4. The minimum Gasteiger partial charge on any atom is -0.477 e. The molecule has 4 aliphatic rings. The summed E-state index contributed by atoms with van der Waals surface area (Å²) in [5.74, 6) is 7.88. The van der Waals surface area contributed by atoms with Gasteiger partial charge in [-0.2, -0.15) is 0 Å². The Morgan fingerprint density at radius 3 is 2.37 bits per heavy atom. The molecule has 0 aromatic carbocycles. The number of nitrogens with one attached hydrogen (secondary N) is 2. The van der Waals surface area contributed by atoms with E-state index in [9.17, 15) is 14.7 Å². The van der Waals surface area contributed by atoms with Crippen molar-refractivity contribution in [3.8, 4) is 11.8 Å². The molecule has 0 atom stereocenters. The van der Waals surface area contributed by atoms with Crippen LogP contribution in [-0.2, 0) is 9.53 Å². The van der Waals surface area contributed by atoms with Crippen LogP contribution in [0.1, 0.15) is 99.5 Å². The third-order valence-electron chi connectivity index (χ3n) is 8.71. The molecule has 9 heteroatoms. The van der Waals surface area contributed by atoms with Crippen molar-refractivity contribution >= 4 is 28.9 Å². The third-order valence-corrected chi connectivity index (χ3v) is 9.74. The average molecular weight is 581 g/mol. The van der Waals surface area contributed by atoms with Crippen molar-refractivity contribution in [2.45, 2.75) is 97.1 Å². The lowest BCUT2D eigenvalue weighted by molar-refractivity contribution is -0.124. The van der Waals surface area contributed by atoms with Crippen LogP contribution in [0.5, 0.6) is 0 Å². The van der Waals surface area contributed by atoms with Gasteiger partial charge in [-0.3, -0.25) is 15.6 Å². The Balaban J connectivity index is 1.31. The van der Waals surface area contributed by atoms with Crippen molar-refractivity contribution in [2.75, 3.05) is 18.0 Å². The number of carboxylic acids is 1. The van der Waals surface area contributed by atoms with E-state index in [0.29, 0.717) is 22.4 Å². The summed E-state index contributed by atoms with van der Waals surface area (Å²) in [4.78, 5) is 31.6. The molecule has 0 radical (unpaired) electrons. The number of hydrazine groups is 1. The molecule has 0 bridgehead atoms. The lowest BCUT2D eigenvalue weighted by Crippen LogP contribution is -2.47. The molecule has 2 aliphatic carbocycles. The first-order valence-corrected chi connectivity index (χ1v) is 16.2. The van der Waals surface area contributed by atoms with E-state index in [-0.39, 0.29) is 34.8 Å². The van der Waals surface area contributed by atoms with Crippen LogP contribution in [0.2, 0.25) is 0 Å². The number of rotatable bonds is 7. The molecule has 41 heavy (non-hydrogen) atoms. The number of likely N-dealkylation sites (tertiary alicyclic amines) is 1. The fraction of sp³-hybridized carbons (Fsp3) is 0.625. The van der Waals surface area contributed by atoms with E-state index in [1.165, 1.54) is 24.2 Å². The van der Waals surface area contributed by atoms with Crippen LogP contribution in [0.3, 0.4) is 0 Å². The van der Waals surface area contributed by atoms with Gasteiger partial charge in [-0.1, -0.05) is 32.6 Å². The number of carbonyl (C=O) groups is 2. The molecule has 1 saturated heterocycles. The molecule has 2 saturated carbocycles. The smallest absolute Gasteiger partial charge is 0.348 e. The van der Waals surface area contributed by atoms with Crippen molar-refractivity contribution in [2.24, 2.45) is 17.8 Å². The number of ether oxygens (including phenoxy) is 1. The summed E-state index contributed by atoms with van der Waals surface area (Å²) in [6.07, 6.45) is 13.4. The molecule has 222 valence electrons. The monoisotopic (exact) mass is 580 g/mol. The van der Waals surface area contributed by atoms with E-state index in [0.717, 1.165) is 70.3 Å². The minimum atomic E-state index is -1.00. The molecular formula is C32H44N4O4S. The molecule has 1 aromatic rings. The Hall–Kier alpha value is -3.12. The molecule has 8 nitrogen and oxygen atoms in total. The van der Waals surface area contributed by atoms with Crippen LogP contribution in [-0.4, -0.2) is 47.1 Å². The normalized spacial score (nSPS) is 26.2. The molecule has 2 aliphatic heterocycles. The molecule has 1 amide bonds. The zero-order valence-corrected chi connectivity index (χ0v) is 25.4. The summed E-state index contributed by atoms with van der Waals surface area (Å²) in [5.41, 5.74) is 6.98. The van der Waals surface area contributed by atoms with Crippen LogP contribution in [0.4, 0.5) is 5.69 Å². The van der Waals surface area contributed by atoms with E-state index in [2.05, 4.69) is 40.6 Å². The van der Waals surface area contributed by atoms with Gasteiger partial charge in [-0.25, -0.2) is 4.79 Å². The molecular weight excluding hydrogens is 536 g/mol. The van der Waals surface area contributed by atoms with Gasteiger partial charge in [0.2, 0.25) is 11.8 Å². The topological polar surface area (TPSA) is 94.1 Å². The minimum absolute atomic E-state index is 0.0370. The van der Waals surface area contributed by atoms with Crippen LogP contribution in [0.25, 0.3) is 0 Å². The van der Waals surface area contributed by atoms with E-state index < -0.39 is 5.97 Å². The van der Waals surface area contributed by atoms with E-state index in [1.807, 2.05) is 30.9 Å². The third kappa shape index (κ3) is 7.21. The first-order valence-electron chi connectivity index (χ1n) is 15.4. The van der Waals surface area contributed by atoms with Gasteiger partial charge in [0, 0.05) is 37.0 Å². The highest BCUT2D eigenvalue weighted by atomic mass is 32.1. The number of thiophene rings is 1. The Kier molecular flexibility index (Phi) is 9.49. The predicted molar refractivity (Wildman–Crippen MR) is 162 cm³/mol. The number of allylic oxidation sites excluding steroid dienone is 2. The fourth-order valence-electron chi connectivity index (χ4n) is 6.37.